The molecule has 288 valence electrons. The van der Waals surface area contributed by atoms with Crippen LogP contribution >= 0.6 is 11.9 Å². The van der Waals surface area contributed by atoms with Crippen molar-refractivity contribution in [2.45, 2.75) is 107 Å². The number of oxazole rings is 1. The van der Waals surface area contributed by atoms with Gasteiger partial charge in [0.05, 0.1) is 4.75 Å². The Kier molecular flexibility index (Phi) is 10.7. The smallest absolute Gasteiger partial charge is 0.298 e. The van der Waals surface area contributed by atoms with Crippen molar-refractivity contribution in [2.24, 2.45) is 0 Å². The van der Waals surface area contributed by atoms with Crippen LogP contribution in [-0.4, -0.2) is 66.2 Å². The molecule has 4 aromatic rings. The molecule has 1 aromatic heterocycles. The van der Waals surface area contributed by atoms with Gasteiger partial charge in [0, 0.05) is 73.1 Å². The molecule has 2 atom stereocenters. The Morgan fingerprint density at radius 1 is 1.05 bits per heavy atom. The molecule has 55 heavy (non-hydrogen) atoms. The van der Waals surface area contributed by atoms with Crippen molar-refractivity contribution in [1.82, 2.24) is 14.6 Å². The van der Waals surface area contributed by atoms with Gasteiger partial charge in [-0.05, 0) is 125 Å². The van der Waals surface area contributed by atoms with E-state index in [0.29, 0.717) is 30.0 Å². The number of hydrogen-bond donors (Lipinski definition) is 1. The summed E-state index contributed by atoms with van der Waals surface area (Å²) in [7, 11) is 2.06. The van der Waals surface area contributed by atoms with Crippen LogP contribution in [0.4, 0.5) is 11.7 Å². The molecule has 0 spiro atoms. The molecule has 8 nitrogen and oxygen atoms in total. The first-order valence-corrected chi connectivity index (χ1v) is 21.1. The molecule has 1 saturated carbocycles. The van der Waals surface area contributed by atoms with Crippen molar-refractivity contribution >= 4 is 58.1 Å². The first-order valence-electron chi connectivity index (χ1n) is 20.3. The summed E-state index contributed by atoms with van der Waals surface area (Å²) in [5, 5.41) is 5.96. The molecule has 2 aliphatic carbocycles. The third-order valence-electron chi connectivity index (χ3n) is 12.5. The quantitative estimate of drug-likeness (QED) is 0.106. The first-order chi connectivity index (χ1) is 26.7. The van der Waals surface area contributed by atoms with Crippen molar-refractivity contribution in [3.63, 3.8) is 0 Å². The number of rotatable bonds is 13. The highest BCUT2D eigenvalue weighted by Crippen LogP contribution is 2.60. The van der Waals surface area contributed by atoms with Crippen molar-refractivity contribution in [3.8, 4) is 0 Å². The van der Waals surface area contributed by atoms with Gasteiger partial charge in [-0.1, -0.05) is 60.5 Å². The first kappa shape index (κ1) is 37.6. The SMILES string of the molecule is CC(CCC=O)N(C)c1ccc(C2CCN(c3nc4cc(C5(SN6CCC(NC7=CC=CCC=C7)CC6(C)C)CC5)ccc4o3)CC2)c2cccc(C=O)c12. The molecule has 2 saturated heterocycles. The lowest BCUT2D eigenvalue weighted by Gasteiger charge is -2.46. The average molecular weight is 758 g/mol. The second-order valence-electron chi connectivity index (χ2n) is 16.7. The molecule has 0 bridgehead atoms. The second-order valence-corrected chi connectivity index (χ2v) is 18.1. The van der Waals surface area contributed by atoms with Crippen molar-refractivity contribution in [1.29, 1.82) is 0 Å². The van der Waals surface area contributed by atoms with Gasteiger partial charge < -0.3 is 24.3 Å². The molecule has 3 heterocycles. The van der Waals surface area contributed by atoms with Crippen LogP contribution in [0.15, 0.2) is 89.0 Å². The predicted octanol–water partition coefficient (Wildman–Crippen LogP) is 9.85. The van der Waals surface area contributed by atoms with E-state index in [1.165, 1.54) is 29.7 Å². The fourth-order valence-corrected chi connectivity index (χ4v) is 10.4. The highest BCUT2D eigenvalue weighted by Gasteiger charge is 2.50. The van der Waals surface area contributed by atoms with Crippen molar-refractivity contribution in [3.05, 3.63) is 101 Å². The number of carbonyl (C=O) groups excluding carboxylic acids is 2. The van der Waals surface area contributed by atoms with Crippen molar-refractivity contribution < 1.29 is 14.0 Å². The molecule has 0 radical (unpaired) electrons. The van der Waals surface area contributed by atoms with Gasteiger partial charge in [-0.2, -0.15) is 4.98 Å². The number of anilines is 2. The zero-order valence-corrected chi connectivity index (χ0v) is 33.6. The highest BCUT2D eigenvalue weighted by molar-refractivity contribution is 7.98. The molecule has 1 N–H and O–H groups in total. The number of nitrogens with one attached hydrogen (secondary N) is 1. The number of benzene rings is 3. The summed E-state index contributed by atoms with van der Waals surface area (Å²) in [5.41, 5.74) is 7.48. The second kappa shape index (κ2) is 15.7. The zero-order valence-electron chi connectivity index (χ0n) is 32.8. The van der Waals surface area contributed by atoms with Crippen LogP contribution in [0, 0.1) is 0 Å². The van der Waals surface area contributed by atoms with Crippen LogP contribution in [0.2, 0.25) is 0 Å². The molecule has 4 aliphatic rings. The molecule has 0 amide bonds. The lowest BCUT2D eigenvalue weighted by molar-refractivity contribution is -0.108. The molecular formula is C46H55N5O3S. The van der Waals surface area contributed by atoms with E-state index in [0.717, 1.165) is 98.3 Å². The summed E-state index contributed by atoms with van der Waals surface area (Å²) in [6, 6.07) is 18.5. The summed E-state index contributed by atoms with van der Waals surface area (Å²) in [6.45, 7) is 9.70. The standard InChI is InChI=1S/C46H55N5O3S/c1-32(11-10-28-52)49(4)41-18-17-38(39-15-9-12-34(31-53)43(39)41)33-20-25-50(26-21-33)44-48-40-29-35(16-19-42(40)54-44)46(23-24-46)55-51-27-22-37(30-45(51,2)3)47-36-13-7-5-6-8-14-36/h5,7-9,12-19,28-29,31-33,37,47H,6,10-11,20-27,30H2,1-4H3. The summed E-state index contributed by atoms with van der Waals surface area (Å²) < 4.78 is 9.16. The van der Waals surface area contributed by atoms with E-state index in [-0.39, 0.29) is 16.3 Å². The van der Waals surface area contributed by atoms with Crippen molar-refractivity contribution in [2.75, 3.05) is 36.5 Å². The maximum atomic E-state index is 12.3. The van der Waals surface area contributed by atoms with Gasteiger partial charge in [0.15, 0.2) is 11.9 Å². The Labute approximate surface area is 330 Å². The minimum atomic E-state index is 0.0794. The van der Waals surface area contributed by atoms with Gasteiger partial charge in [0.1, 0.15) is 11.8 Å². The van der Waals surface area contributed by atoms with Gasteiger partial charge in [-0.3, -0.25) is 4.79 Å². The van der Waals surface area contributed by atoms with Crippen LogP contribution in [0.25, 0.3) is 21.9 Å². The van der Waals surface area contributed by atoms with Gasteiger partial charge >= 0.3 is 0 Å². The van der Waals surface area contributed by atoms with E-state index in [9.17, 15) is 9.59 Å². The fourth-order valence-electron chi connectivity index (χ4n) is 8.99. The Bertz CT molecular complexity index is 2140. The maximum absolute atomic E-state index is 12.3. The zero-order chi connectivity index (χ0) is 38.2. The average Bonchev–Trinajstić information content (AvgIpc) is 3.93. The molecule has 8 rings (SSSR count). The van der Waals surface area contributed by atoms with E-state index in [1.807, 2.05) is 12.1 Å². The van der Waals surface area contributed by atoms with Gasteiger partial charge in [0.2, 0.25) is 0 Å². The Balaban J connectivity index is 0.936. The molecule has 3 aromatic carbocycles. The highest BCUT2D eigenvalue weighted by atomic mass is 32.2. The third kappa shape index (κ3) is 7.75. The fraction of sp³-hybridized carbons (Fsp3) is 0.457. The Morgan fingerprint density at radius 2 is 1.89 bits per heavy atom. The number of nitrogens with zero attached hydrogens (tertiary/aromatic N) is 4. The maximum Gasteiger partial charge on any atom is 0.298 e. The molecule has 2 aliphatic heterocycles. The number of aldehydes is 2. The topological polar surface area (TPSA) is 81.9 Å². The summed E-state index contributed by atoms with van der Waals surface area (Å²) in [5.74, 6) is 0.364. The molecule has 2 unspecified atom stereocenters. The van der Waals surface area contributed by atoms with E-state index in [4.69, 9.17) is 9.40 Å². The minimum absolute atomic E-state index is 0.0794. The lowest BCUT2D eigenvalue weighted by atomic mass is 9.85. The van der Waals surface area contributed by atoms with Crippen LogP contribution in [0.5, 0.6) is 0 Å². The Morgan fingerprint density at radius 3 is 2.65 bits per heavy atom. The van der Waals surface area contributed by atoms with Gasteiger partial charge in [-0.25, -0.2) is 4.31 Å². The third-order valence-corrected chi connectivity index (χ3v) is 14.4. The normalized spacial score (nSPS) is 21.6. The largest absolute Gasteiger partial charge is 0.423 e. The lowest BCUT2D eigenvalue weighted by Crippen LogP contribution is -2.52. The molecule has 3 fully saturated rings. The Hall–Kier alpha value is -4.34. The van der Waals surface area contributed by atoms with Crippen LogP contribution in [0.1, 0.15) is 106 Å². The number of carbonyl (C=O) groups is 2. The van der Waals surface area contributed by atoms with E-state index >= 15 is 0 Å². The number of allylic oxidation sites excluding steroid dienone is 5. The van der Waals surface area contributed by atoms with E-state index in [2.05, 4.69) is 126 Å². The summed E-state index contributed by atoms with van der Waals surface area (Å²) in [4.78, 5) is 32.9. The summed E-state index contributed by atoms with van der Waals surface area (Å²) in [6.07, 6.45) is 21.8. The number of hydrogen-bond acceptors (Lipinski definition) is 9. The summed E-state index contributed by atoms with van der Waals surface area (Å²) >= 11 is 2.06. The molecule has 9 heteroatoms. The van der Waals surface area contributed by atoms with Gasteiger partial charge in [-0.15, -0.1) is 0 Å². The monoisotopic (exact) mass is 757 g/mol. The number of aromatic nitrogens is 1. The molecular weight excluding hydrogens is 703 g/mol. The van der Waals surface area contributed by atoms with Gasteiger partial charge in [0.25, 0.3) is 6.01 Å². The van der Waals surface area contributed by atoms with Crippen LogP contribution < -0.4 is 15.1 Å². The van der Waals surface area contributed by atoms with Crippen LogP contribution in [-0.2, 0) is 9.54 Å². The van der Waals surface area contributed by atoms with E-state index in [1.54, 1.807) is 0 Å². The van der Waals surface area contributed by atoms with Crippen LogP contribution in [0.3, 0.4) is 0 Å². The predicted molar refractivity (Wildman–Crippen MR) is 227 cm³/mol. The minimum Gasteiger partial charge on any atom is -0.423 e. The number of fused-ring (bicyclic) bond motifs is 2. The van der Waals surface area contributed by atoms with E-state index < -0.39 is 0 Å². The number of piperidine rings is 2.